The fraction of sp³-hybridized carbons (Fsp3) is 0.840. The number of nitrogens with one attached hydrogen (secondary N) is 1. The third-order valence-electron chi connectivity index (χ3n) is 7.88. The standard InChI is InChI=1S/C25H42N2O4/c1-3-4-5-6-19(28)13-22(29)16-7-9-20(17-8-10-25(26)27-15-17)21-14-23(30)24(31-2)12-18(21)11-16/h11,17-18,20-21,23-25,27,30H,3-10,12-15,26H2,1-2H3. The van der Waals surface area contributed by atoms with Gasteiger partial charge in [0.05, 0.1) is 24.8 Å². The van der Waals surface area contributed by atoms with Crippen LogP contribution in [0.1, 0.15) is 77.6 Å². The van der Waals surface area contributed by atoms with Crippen LogP contribution in [-0.2, 0) is 14.3 Å². The number of carbonyl (C=O) groups is 2. The number of aliphatic hydroxyl groups is 1. The predicted octanol–water partition coefficient (Wildman–Crippen LogP) is 3.12. The molecule has 1 aliphatic heterocycles. The smallest absolute Gasteiger partial charge is 0.165 e. The normalized spacial score (nSPS) is 36.3. The van der Waals surface area contributed by atoms with E-state index in [-0.39, 0.29) is 36.2 Å². The topological polar surface area (TPSA) is 102 Å². The first-order chi connectivity index (χ1) is 14.9. The molecule has 0 bridgehead atoms. The molecule has 176 valence electrons. The lowest BCUT2D eigenvalue weighted by atomic mass is 9.65. The molecule has 0 radical (unpaired) electrons. The number of Topliss-reactive ketones (excluding diaryl/α,β-unsaturated/α-hetero) is 2. The molecule has 7 unspecified atom stereocenters. The maximum atomic E-state index is 13.0. The van der Waals surface area contributed by atoms with Gasteiger partial charge in [0.1, 0.15) is 5.78 Å². The Morgan fingerprint density at radius 1 is 1.19 bits per heavy atom. The molecule has 2 aliphatic carbocycles. The predicted molar refractivity (Wildman–Crippen MR) is 121 cm³/mol. The van der Waals surface area contributed by atoms with Crippen LogP contribution in [-0.4, -0.2) is 48.7 Å². The number of hydrogen-bond donors (Lipinski definition) is 3. The van der Waals surface area contributed by atoms with Crippen LogP contribution in [0.2, 0.25) is 0 Å². The third kappa shape index (κ3) is 6.47. The lowest BCUT2D eigenvalue weighted by Gasteiger charge is -2.44. The second kappa shape index (κ2) is 11.7. The average molecular weight is 435 g/mol. The molecule has 0 aromatic rings. The van der Waals surface area contributed by atoms with Crippen molar-refractivity contribution in [3.63, 3.8) is 0 Å². The highest BCUT2D eigenvalue weighted by molar-refractivity contribution is 6.07. The van der Waals surface area contributed by atoms with Gasteiger partial charge in [0.15, 0.2) is 5.78 Å². The summed E-state index contributed by atoms with van der Waals surface area (Å²) in [6, 6.07) is 0. The Morgan fingerprint density at radius 3 is 2.68 bits per heavy atom. The van der Waals surface area contributed by atoms with E-state index in [0.717, 1.165) is 63.5 Å². The fourth-order valence-electron chi connectivity index (χ4n) is 6.06. The molecule has 6 heteroatoms. The van der Waals surface area contributed by atoms with Gasteiger partial charge in [0.2, 0.25) is 0 Å². The van der Waals surface area contributed by atoms with Crippen LogP contribution in [0.5, 0.6) is 0 Å². The molecule has 2 fully saturated rings. The van der Waals surface area contributed by atoms with Gasteiger partial charge in [0.25, 0.3) is 0 Å². The maximum absolute atomic E-state index is 13.0. The summed E-state index contributed by atoms with van der Waals surface area (Å²) in [7, 11) is 1.65. The molecule has 31 heavy (non-hydrogen) atoms. The molecule has 1 saturated carbocycles. The Balaban J connectivity index is 1.73. The van der Waals surface area contributed by atoms with Crippen molar-refractivity contribution in [1.29, 1.82) is 0 Å². The zero-order valence-electron chi connectivity index (χ0n) is 19.4. The lowest BCUT2D eigenvalue weighted by Crippen LogP contribution is -2.49. The molecule has 3 rings (SSSR count). The average Bonchev–Trinajstić information content (AvgIpc) is 2.93. The van der Waals surface area contributed by atoms with E-state index in [2.05, 4.69) is 18.3 Å². The Kier molecular flexibility index (Phi) is 9.26. The minimum absolute atomic E-state index is 0.00442. The van der Waals surface area contributed by atoms with Gasteiger partial charge in [-0.2, -0.15) is 0 Å². The zero-order chi connectivity index (χ0) is 22.4. The van der Waals surface area contributed by atoms with Gasteiger partial charge in [-0.3, -0.25) is 9.59 Å². The van der Waals surface area contributed by atoms with E-state index in [1.807, 2.05) is 0 Å². The van der Waals surface area contributed by atoms with Crippen LogP contribution in [0, 0.1) is 23.7 Å². The van der Waals surface area contributed by atoms with E-state index < -0.39 is 6.10 Å². The van der Waals surface area contributed by atoms with Crippen LogP contribution in [0.25, 0.3) is 0 Å². The summed E-state index contributed by atoms with van der Waals surface area (Å²) in [4.78, 5) is 25.3. The van der Waals surface area contributed by atoms with Crippen molar-refractivity contribution < 1.29 is 19.4 Å². The summed E-state index contributed by atoms with van der Waals surface area (Å²) in [6.07, 6.45) is 10.3. The van der Waals surface area contributed by atoms with Crippen LogP contribution in [0.4, 0.5) is 0 Å². The van der Waals surface area contributed by atoms with E-state index in [0.29, 0.717) is 30.6 Å². The van der Waals surface area contributed by atoms with Gasteiger partial charge in [-0.05, 0) is 80.7 Å². The van der Waals surface area contributed by atoms with E-state index in [9.17, 15) is 14.7 Å². The molecule has 4 N–H and O–H groups in total. The van der Waals surface area contributed by atoms with Gasteiger partial charge in [-0.1, -0.05) is 25.8 Å². The third-order valence-corrected chi connectivity index (χ3v) is 7.88. The Bertz CT molecular complexity index is 641. The summed E-state index contributed by atoms with van der Waals surface area (Å²) in [6.45, 7) is 3.01. The fourth-order valence-corrected chi connectivity index (χ4v) is 6.06. The van der Waals surface area contributed by atoms with Crippen LogP contribution < -0.4 is 11.1 Å². The summed E-state index contributed by atoms with van der Waals surface area (Å²) in [5, 5.41) is 14.1. The van der Waals surface area contributed by atoms with Gasteiger partial charge in [0, 0.05) is 13.5 Å². The van der Waals surface area contributed by atoms with Crippen molar-refractivity contribution in [2.45, 2.75) is 95.9 Å². The molecule has 1 heterocycles. The molecule has 1 saturated heterocycles. The van der Waals surface area contributed by atoms with Crippen molar-refractivity contribution in [3.8, 4) is 0 Å². The summed E-state index contributed by atoms with van der Waals surface area (Å²) >= 11 is 0. The number of carbonyl (C=O) groups excluding carboxylic acids is 2. The highest BCUT2D eigenvalue weighted by Gasteiger charge is 2.43. The van der Waals surface area contributed by atoms with Crippen LogP contribution in [0.3, 0.4) is 0 Å². The number of methoxy groups -OCH3 is 1. The summed E-state index contributed by atoms with van der Waals surface area (Å²) in [5.74, 6) is 1.58. The second-order valence-electron chi connectivity index (χ2n) is 9.98. The van der Waals surface area contributed by atoms with Gasteiger partial charge >= 0.3 is 0 Å². The van der Waals surface area contributed by atoms with Gasteiger partial charge in [-0.25, -0.2) is 0 Å². The minimum Gasteiger partial charge on any atom is -0.390 e. The van der Waals surface area contributed by atoms with Crippen molar-refractivity contribution in [1.82, 2.24) is 5.32 Å². The quantitative estimate of drug-likeness (QED) is 0.381. The van der Waals surface area contributed by atoms with E-state index >= 15 is 0 Å². The van der Waals surface area contributed by atoms with Gasteiger partial charge < -0.3 is 20.9 Å². The molecule has 6 nitrogen and oxygen atoms in total. The second-order valence-corrected chi connectivity index (χ2v) is 9.98. The molecule has 0 spiro atoms. The van der Waals surface area contributed by atoms with Crippen molar-refractivity contribution in [2.24, 2.45) is 29.4 Å². The number of aliphatic hydroxyl groups excluding tert-OH is 1. The number of rotatable bonds is 9. The number of ether oxygens (including phenoxy) is 1. The monoisotopic (exact) mass is 434 g/mol. The minimum atomic E-state index is -0.460. The molecular formula is C25H42N2O4. The number of fused-ring (bicyclic) bond motifs is 1. The van der Waals surface area contributed by atoms with Gasteiger partial charge in [-0.15, -0.1) is 0 Å². The first-order valence-corrected chi connectivity index (χ1v) is 12.4. The van der Waals surface area contributed by atoms with Crippen LogP contribution >= 0.6 is 0 Å². The molecule has 3 aliphatic rings. The summed E-state index contributed by atoms with van der Waals surface area (Å²) < 4.78 is 5.56. The van der Waals surface area contributed by atoms with Crippen molar-refractivity contribution in [2.75, 3.05) is 13.7 Å². The molecule has 0 aromatic carbocycles. The highest BCUT2D eigenvalue weighted by Crippen LogP contribution is 2.46. The zero-order valence-corrected chi connectivity index (χ0v) is 19.4. The highest BCUT2D eigenvalue weighted by atomic mass is 16.5. The van der Waals surface area contributed by atoms with Crippen molar-refractivity contribution in [3.05, 3.63) is 11.6 Å². The van der Waals surface area contributed by atoms with E-state index in [1.54, 1.807) is 7.11 Å². The number of nitrogens with two attached hydrogens (primary N) is 1. The lowest BCUT2D eigenvalue weighted by molar-refractivity contribution is -0.125. The number of ketones is 2. The SMILES string of the molecule is CCCCCC(=O)CC(=O)C1=CC2CC(OC)C(O)CC2C(C2CCC(N)NC2)CC1. The maximum Gasteiger partial charge on any atom is 0.165 e. The molecule has 0 aromatic heterocycles. The number of piperidine rings is 1. The first kappa shape index (κ1) is 24.6. The number of unbranched alkanes of at least 4 members (excludes halogenated alkanes) is 2. The Morgan fingerprint density at radius 2 is 2.00 bits per heavy atom. The Labute approximate surface area is 187 Å². The Hall–Kier alpha value is -1.08. The van der Waals surface area contributed by atoms with Crippen LogP contribution in [0.15, 0.2) is 11.6 Å². The van der Waals surface area contributed by atoms with E-state index in [1.165, 1.54) is 0 Å². The van der Waals surface area contributed by atoms with E-state index in [4.69, 9.17) is 10.5 Å². The number of hydrogen-bond acceptors (Lipinski definition) is 6. The largest absolute Gasteiger partial charge is 0.390 e. The molecule has 0 amide bonds. The van der Waals surface area contributed by atoms with Crippen molar-refractivity contribution >= 4 is 11.6 Å². The number of allylic oxidation sites excluding steroid dienone is 2. The molecule has 7 atom stereocenters. The summed E-state index contributed by atoms with van der Waals surface area (Å²) in [5.41, 5.74) is 6.87. The molecular weight excluding hydrogens is 392 g/mol. The first-order valence-electron chi connectivity index (χ1n) is 12.4.